The van der Waals surface area contributed by atoms with E-state index in [1.807, 2.05) is 43.7 Å². The molecule has 2 nitrogen and oxygen atoms in total. The van der Waals surface area contributed by atoms with E-state index in [0.29, 0.717) is 6.61 Å². The fraction of sp³-hybridized carbons (Fsp3) is 0.444. The van der Waals surface area contributed by atoms with Crippen LogP contribution in [0.15, 0.2) is 18.2 Å². The second-order valence-electron chi connectivity index (χ2n) is 2.52. The standard InChI is InChI=1S/C9H14NO.HI/c1-4-11-10-8(2)6-5-7-9(10)3;/h5-7H,4H2,1-3H3;1H/q+1;/p-1. The van der Waals surface area contributed by atoms with Crippen molar-refractivity contribution < 1.29 is 33.5 Å². The van der Waals surface area contributed by atoms with Crippen molar-refractivity contribution in [1.82, 2.24) is 0 Å². The zero-order chi connectivity index (χ0) is 8.27. The second-order valence-corrected chi connectivity index (χ2v) is 2.52. The highest BCUT2D eigenvalue weighted by molar-refractivity contribution is 5.00. The van der Waals surface area contributed by atoms with Gasteiger partial charge in [-0.15, -0.1) is 0 Å². The zero-order valence-electron chi connectivity index (χ0n) is 7.67. The summed E-state index contributed by atoms with van der Waals surface area (Å²) >= 11 is 0. The van der Waals surface area contributed by atoms with E-state index in [9.17, 15) is 0 Å². The molecular weight excluding hydrogens is 265 g/mol. The molecule has 0 radical (unpaired) electrons. The lowest BCUT2D eigenvalue weighted by Crippen LogP contribution is -3.00. The third-order valence-corrected chi connectivity index (χ3v) is 1.57. The molecule has 0 aliphatic carbocycles. The zero-order valence-corrected chi connectivity index (χ0v) is 9.83. The number of nitrogens with zero attached hydrogens (tertiary/aromatic N) is 1. The molecule has 0 N–H and O–H groups in total. The van der Waals surface area contributed by atoms with Gasteiger partial charge in [0.1, 0.15) is 0 Å². The van der Waals surface area contributed by atoms with Gasteiger partial charge in [0.05, 0.1) is 0 Å². The Hall–Kier alpha value is -0.320. The van der Waals surface area contributed by atoms with Crippen LogP contribution in [0, 0.1) is 13.8 Å². The summed E-state index contributed by atoms with van der Waals surface area (Å²) in [6, 6.07) is 6.09. The summed E-state index contributed by atoms with van der Waals surface area (Å²) in [4.78, 5) is 5.38. The van der Waals surface area contributed by atoms with Gasteiger partial charge in [0, 0.05) is 30.7 Å². The Labute approximate surface area is 90.5 Å². The maximum atomic E-state index is 5.38. The lowest BCUT2D eigenvalue weighted by Gasteiger charge is -1.99. The van der Waals surface area contributed by atoms with Crippen molar-refractivity contribution >= 4 is 0 Å². The molecule has 1 aromatic rings. The Bertz CT molecular complexity index is 230. The lowest BCUT2D eigenvalue weighted by atomic mass is 10.3. The first-order chi connectivity index (χ1) is 5.25. The van der Waals surface area contributed by atoms with Crippen molar-refractivity contribution in [2.24, 2.45) is 0 Å². The number of hydrogen-bond donors (Lipinski definition) is 0. The number of rotatable bonds is 2. The van der Waals surface area contributed by atoms with Gasteiger partial charge in [-0.2, -0.15) is 0 Å². The third kappa shape index (κ3) is 2.62. The van der Waals surface area contributed by atoms with E-state index in [2.05, 4.69) is 0 Å². The quantitative estimate of drug-likeness (QED) is 0.453. The Kier molecular flexibility index (Phi) is 5.20. The lowest BCUT2D eigenvalue weighted by molar-refractivity contribution is -0.898. The number of halogens is 1. The fourth-order valence-electron chi connectivity index (χ4n) is 1.07. The summed E-state index contributed by atoms with van der Waals surface area (Å²) in [5.74, 6) is 0. The number of hydrogen-bond acceptors (Lipinski definition) is 1. The molecule has 0 atom stereocenters. The smallest absolute Gasteiger partial charge is 0.231 e. The molecule has 1 aromatic heterocycles. The predicted octanol–water partition coefficient (Wildman–Crippen LogP) is -1.96. The Balaban J connectivity index is 0.00000121. The minimum atomic E-state index is 0. The normalized spacial score (nSPS) is 8.92. The second kappa shape index (κ2) is 5.35. The summed E-state index contributed by atoms with van der Waals surface area (Å²) < 4.78 is 1.85. The minimum absolute atomic E-state index is 0. The first kappa shape index (κ1) is 11.7. The van der Waals surface area contributed by atoms with Crippen molar-refractivity contribution in [2.45, 2.75) is 20.8 Å². The monoisotopic (exact) mass is 279 g/mol. The van der Waals surface area contributed by atoms with Gasteiger partial charge in [0.2, 0.25) is 11.4 Å². The molecule has 0 aliphatic heterocycles. The molecule has 0 amide bonds. The van der Waals surface area contributed by atoms with E-state index in [1.165, 1.54) is 0 Å². The maximum Gasteiger partial charge on any atom is 0.231 e. The number of pyridine rings is 1. The van der Waals surface area contributed by atoms with Crippen LogP contribution in [0.3, 0.4) is 0 Å². The molecule has 0 spiro atoms. The molecule has 0 fully saturated rings. The van der Waals surface area contributed by atoms with Crippen molar-refractivity contribution in [3.8, 4) is 0 Å². The summed E-state index contributed by atoms with van der Waals surface area (Å²) in [6.45, 7) is 6.75. The summed E-state index contributed by atoms with van der Waals surface area (Å²) in [5.41, 5.74) is 2.26. The highest BCUT2D eigenvalue weighted by atomic mass is 127. The molecule has 0 saturated heterocycles. The average Bonchev–Trinajstić information content (AvgIpc) is 1.97. The van der Waals surface area contributed by atoms with Crippen LogP contribution in [-0.4, -0.2) is 6.61 Å². The van der Waals surface area contributed by atoms with Crippen LogP contribution >= 0.6 is 0 Å². The van der Waals surface area contributed by atoms with Crippen LogP contribution in [0.4, 0.5) is 0 Å². The molecule has 0 unspecified atom stereocenters. The van der Waals surface area contributed by atoms with Gasteiger partial charge in [-0.25, -0.2) is 0 Å². The highest BCUT2D eigenvalue weighted by Crippen LogP contribution is 1.91. The van der Waals surface area contributed by atoms with Crippen LogP contribution in [0.2, 0.25) is 0 Å². The van der Waals surface area contributed by atoms with Crippen LogP contribution in [0.25, 0.3) is 0 Å². The molecule has 12 heavy (non-hydrogen) atoms. The molecule has 0 bridgehead atoms. The van der Waals surface area contributed by atoms with Crippen LogP contribution in [0.1, 0.15) is 18.3 Å². The molecule has 0 aliphatic rings. The van der Waals surface area contributed by atoms with Gasteiger partial charge in [-0.3, -0.25) is 4.84 Å². The number of aromatic nitrogens is 1. The van der Waals surface area contributed by atoms with Gasteiger partial charge < -0.3 is 24.0 Å². The molecule has 68 valence electrons. The van der Waals surface area contributed by atoms with E-state index in [1.54, 1.807) is 0 Å². The van der Waals surface area contributed by atoms with E-state index in [-0.39, 0.29) is 24.0 Å². The third-order valence-electron chi connectivity index (χ3n) is 1.57. The topological polar surface area (TPSA) is 13.1 Å². The van der Waals surface area contributed by atoms with Crippen molar-refractivity contribution in [2.75, 3.05) is 6.61 Å². The first-order valence-electron chi connectivity index (χ1n) is 3.87. The predicted molar refractivity (Wildman–Crippen MR) is 43.2 cm³/mol. The van der Waals surface area contributed by atoms with Crippen molar-refractivity contribution in [3.05, 3.63) is 29.6 Å². The van der Waals surface area contributed by atoms with Crippen LogP contribution < -0.4 is 33.5 Å². The highest BCUT2D eigenvalue weighted by Gasteiger charge is 2.09. The van der Waals surface area contributed by atoms with Gasteiger partial charge in [0.15, 0.2) is 6.61 Å². The minimum Gasteiger partial charge on any atom is -1.00 e. The molecule has 0 saturated carbocycles. The van der Waals surface area contributed by atoms with Gasteiger partial charge in [0.25, 0.3) is 0 Å². The van der Waals surface area contributed by atoms with Crippen molar-refractivity contribution in [1.29, 1.82) is 0 Å². The Morgan fingerprint density at radius 1 is 1.25 bits per heavy atom. The largest absolute Gasteiger partial charge is 1.00 e. The number of aryl methyl sites for hydroxylation is 2. The van der Waals surface area contributed by atoms with Crippen LogP contribution in [-0.2, 0) is 0 Å². The first-order valence-corrected chi connectivity index (χ1v) is 3.87. The van der Waals surface area contributed by atoms with E-state index in [0.717, 1.165) is 11.4 Å². The molecule has 1 heterocycles. The van der Waals surface area contributed by atoms with Gasteiger partial charge in [-0.05, 0) is 13.0 Å². The molecule has 3 heteroatoms. The van der Waals surface area contributed by atoms with Gasteiger partial charge >= 0.3 is 0 Å². The van der Waals surface area contributed by atoms with Crippen LogP contribution in [0.5, 0.6) is 0 Å². The van der Waals surface area contributed by atoms with E-state index < -0.39 is 0 Å². The van der Waals surface area contributed by atoms with E-state index >= 15 is 0 Å². The van der Waals surface area contributed by atoms with Gasteiger partial charge in [-0.1, -0.05) is 0 Å². The average molecular weight is 279 g/mol. The SMILES string of the molecule is CCO[n+]1c(C)cccc1C.[I-]. The fourth-order valence-corrected chi connectivity index (χ4v) is 1.07. The molecule has 0 aromatic carbocycles. The Morgan fingerprint density at radius 3 is 2.17 bits per heavy atom. The molecule has 1 rings (SSSR count). The summed E-state index contributed by atoms with van der Waals surface area (Å²) in [7, 11) is 0. The Morgan fingerprint density at radius 2 is 1.75 bits per heavy atom. The van der Waals surface area contributed by atoms with E-state index in [4.69, 9.17) is 4.84 Å². The maximum absolute atomic E-state index is 5.38. The molecular formula is C9H14INO. The summed E-state index contributed by atoms with van der Waals surface area (Å²) in [6.07, 6.45) is 0. The summed E-state index contributed by atoms with van der Waals surface area (Å²) in [5, 5.41) is 0. The van der Waals surface area contributed by atoms with Crippen molar-refractivity contribution in [3.63, 3.8) is 0 Å².